The highest BCUT2D eigenvalue weighted by Gasteiger charge is 2.40. The molecule has 0 bridgehead atoms. The van der Waals surface area contributed by atoms with Gasteiger partial charge in [0.25, 0.3) is 0 Å². The minimum absolute atomic E-state index is 0.436. The molecular formula is C26H26N4S2. The second-order valence-corrected chi connectivity index (χ2v) is 10.8. The maximum absolute atomic E-state index is 4.93. The number of thioether (sulfide) groups is 1. The van der Waals surface area contributed by atoms with Gasteiger partial charge in [0.1, 0.15) is 0 Å². The molecule has 2 aromatic heterocycles. The van der Waals surface area contributed by atoms with Gasteiger partial charge < -0.3 is 4.90 Å². The number of piperidine rings is 1. The molecule has 4 nitrogen and oxygen atoms in total. The lowest BCUT2D eigenvalue weighted by Gasteiger charge is -2.40. The van der Waals surface area contributed by atoms with Crippen molar-refractivity contribution in [1.29, 1.82) is 0 Å². The highest BCUT2D eigenvalue weighted by atomic mass is 32.2. The first-order valence-corrected chi connectivity index (χ1v) is 13.2. The summed E-state index contributed by atoms with van der Waals surface area (Å²) in [5.74, 6) is 1.02. The average Bonchev–Trinajstić information content (AvgIpc) is 3.45. The molecule has 0 unspecified atom stereocenters. The summed E-state index contributed by atoms with van der Waals surface area (Å²) < 4.78 is 2.17. The average molecular weight is 459 g/mol. The number of fused-ring (bicyclic) bond motifs is 2. The topological polar surface area (TPSA) is 33.4 Å². The van der Waals surface area contributed by atoms with E-state index in [0.717, 1.165) is 29.6 Å². The van der Waals surface area contributed by atoms with Crippen molar-refractivity contribution in [2.24, 2.45) is 5.41 Å². The zero-order valence-corrected chi connectivity index (χ0v) is 19.8. The summed E-state index contributed by atoms with van der Waals surface area (Å²) in [4.78, 5) is 15.7. The summed E-state index contributed by atoms with van der Waals surface area (Å²) in [6.07, 6.45) is 13.0. The van der Waals surface area contributed by atoms with E-state index in [2.05, 4.69) is 70.3 Å². The van der Waals surface area contributed by atoms with Crippen molar-refractivity contribution in [3.05, 3.63) is 78.2 Å². The van der Waals surface area contributed by atoms with Crippen LogP contribution in [0, 0.1) is 5.41 Å². The molecule has 32 heavy (non-hydrogen) atoms. The number of anilines is 1. The third-order valence-electron chi connectivity index (χ3n) is 7.02. The van der Waals surface area contributed by atoms with Gasteiger partial charge in [0.2, 0.25) is 5.95 Å². The lowest BCUT2D eigenvalue weighted by molar-refractivity contribution is 0.231. The van der Waals surface area contributed by atoms with Crippen molar-refractivity contribution in [3.63, 3.8) is 0 Å². The van der Waals surface area contributed by atoms with Gasteiger partial charge in [-0.3, -0.25) is 4.40 Å². The third-order valence-corrected chi connectivity index (χ3v) is 9.03. The Balaban J connectivity index is 1.24. The van der Waals surface area contributed by atoms with Crippen molar-refractivity contribution < 1.29 is 0 Å². The van der Waals surface area contributed by atoms with Crippen LogP contribution in [-0.2, 0) is 12.8 Å². The molecule has 3 heterocycles. The minimum Gasteiger partial charge on any atom is -0.342 e. The maximum Gasteiger partial charge on any atom is 0.211 e. The Labute approximate surface area is 197 Å². The van der Waals surface area contributed by atoms with E-state index in [1.807, 2.05) is 12.4 Å². The Morgan fingerprint density at radius 2 is 1.53 bits per heavy atom. The van der Waals surface area contributed by atoms with Crippen LogP contribution in [0.5, 0.6) is 0 Å². The van der Waals surface area contributed by atoms with Crippen molar-refractivity contribution in [3.8, 4) is 0 Å². The van der Waals surface area contributed by atoms with Crippen LogP contribution in [0.25, 0.3) is 5.65 Å². The van der Waals surface area contributed by atoms with Crippen LogP contribution >= 0.6 is 23.5 Å². The van der Waals surface area contributed by atoms with Crippen molar-refractivity contribution in [1.82, 2.24) is 14.4 Å². The Kier molecular flexibility index (Phi) is 5.15. The van der Waals surface area contributed by atoms with Crippen molar-refractivity contribution >= 4 is 35.1 Å². The van der Waals surface area contributed by atoms with Crippen LogP contribution in [0.4, 0.5) is 5.95 Å². The monoisotopic (exact) mass is 458 g/mol. The SMILES string of the molecule is CSc1ccccc1Sc1cnc(N2CCC3(CC2)Cc2ccccc2C3)n2ccnc12. The van der Waals surface area contributed by atoms with E-state index in [1.54, 1.807) is 34.7 Å². The van der Waals surface area contributed by atoms with Gasteiger partial charge in [0.15, 0.2) is 5.65 Å². The highest BCUT2D eigenvalue weighted by molar-refractivity contribution is 8.02. The van der Waals surface area contributed by atoms with E-state index in [-0.39, 0.29) is 0 Å². The molecule has 0 atom stereocenters. The van der Waals surface area contributed by atoms with E-state index >= 15 is 0 Å². The molecule has 6 rings (SSSR count). The first kappa shape index (κ1) is 20.2. The molecule has 1 aliphatic carbocycles. The van der Waals surface area contributed by atoms with Gasteiger partial charge in [-0.1, -0.05) is 48.2 Å². The Morgan fingerprint density at radius 3 is 2.25 bits per heavy atom. The normalized spacial score (nSPS) is 17.2. The number of imidazole rings is 1. The molecule has 0 saturated carbocycles. The van der Waals surface area contributed by atoms with Gasteiger partial charge >= 0.3 is 0 Å². The molecule has 2 aliphatic rings. The molecule has 0 amide bonds. The predicted molar refractivity (Wildman–Crippen MR) is 133 cm³/mol. The van der Waals surface area contributed by atoms with Crippen LogP contribution in [0.15, 0.2) is 81.8 Å². The fourth-order valence-corrected chi connectivity index (χ4v) is 7.08. The van der Waals surface area contributed by atoms with Crippen LogP contribution in [0.2, 0.25) is 0 Å². The third kappa shape index (κ3) is 3.50. The summed E-state index contributed by atoms with van der Waals surface area (Å²) in [6, 6.07) is 17.5. The zero-order chi connectivity index (χ0) is 21.5. The Morgan fingerprint density at radius 1 is 0.844 bits per heavy atom. The predicted octanol–water partition coefficient (Wildman–Crippen LogP) is 5.99. The first-order valence-electron chi connectivity index (χ1n) is 11.2. The molecule has 162 valence electrons. The van der Waals surface area contributed by atoms with E-state index in [1.165, 1.54) is 35.5 Å². The fraction of sp³-hybridized carbons (Fsp3) is 0.308. The van der Waals surface area contributed by atoms with Gasteiger partial charge in [0, 0.05) is 41.5 Å². The van der Waals surface area contributed by atoms with E-state index < -0.39 is 0 Å². The number of benzene rings is 2. The van der Waals surface area contributed by atoms with Gasteiger partial charge in [-0.15, -0.1) is 11.8 Å². The number of aromatic nitrogens is 3. The summed E-state index contributed by atoms with van der Waals surface area (Å²) in [6.45, 7) is 2.10. The van der Waals surface area contributed by atoms with Gasteiger partial charge in [-0.2, -0.15) is 0 Å². The molecule has 1 fully saturated rings. The minimum atomic E-state index is 0.436. The summed E-state index contributed by atoms with van der Waals surface area (Å²) in [5.41, 5.74) is 4.54. The quantitative estimate of drug-likeness (QED) is 0.351. The van der Waals surface area contributed by atoms with Crippen LogP contribution in [-0.4, -0.2) is 33.7 Å². The molecule has 0 N–H and O–H groups in total. The van der Waals surface area contributed by atoms with E-state index in [9.17, 15) is 0 Å². The first-order chi connectivity index (χ1) is 15.7. The van der Waals surface area contributed by atoms with Gasteiger partial charge in [-0.25, -0.2) is 9.97 Å². The maximum atomic E-state index is 4.93. The lowest BCUT2D eigenvalue weighted by atomic mass is 9.76. The number of hydrogen-bond donors (Lipinski definition) is 0. The second-order valence-electron chi connectivity index (χ2n) is 8.91. The molecule has 1 saturated heterocycles. The summed E-state index contributed by atoms with van der Waals surface area (Å²) >= 11 is 3.53. The van der Waals surface area contributed by atoms with Crippen LogP contribution < -0.4 is 4.90 Å². The van der Waals surface area contributed by atoms with E-state index in [4.69, 9.17) is 9.97 Å². The van der Waals surface area contributed by atoms with E-state index in [0.29, 0.717) is 5.41 Å². The number of hydrogen-bond acceptors (Lipinski definition) is 5. The highest BCUT2D eigenvalue weighted by Crippen LogP contribution is 2.45. The molecule has 2 aromatic carbocycles. The summed E-state index contributed by atoms with van der Waals surface area (Å²) in [7, 11) is 0. The Hall–Kier alpha value is -2.44. The van der Waals surface area contributed by atoms with Crippen molar-refractivity contribution in [2.75, 3.05) is 24.2 Å². The lowest BCUT2D eigenvalue weighted by Crippen LogP contribution is -2.41. The molecule has 0 radical (unpaired) electrons. The van der Waals surface area contributed by atoms with Crippen LogP contribution in [0.1, 0.15) is 24.0 Å². The molecule has 1 aliphatic heterocycles. The Bertz CT molecular complexity index is 1250. The molecular weight excluding hydrogens is 432 g/mol. The number of rotatable bonds is 4. The molecule has 1 spiro atoms. The summed E-state index contributed by atoms with van der Waals surface area (Å²) in [5, 5.41) is 0. The van der Waals surface area contributed by atoms with Crippen LogP contribution in [0.3, 0.4) is 0 Å². The van der Waals surface area contributed by atoms with Gasteiger partial charge in [-0.05, 0) is 60.6 Å². The van der Waals surface area contributed by atoms with Crippen molar-refractivity contribution in [2.45, 2.75) is 40.4 Å². The molecule has 6 heteroatoms. The second kappa shape index (κ2) is 8.16. The zero-order valence-electron chi connectivity index (χ0n) is 18.2. The van der Waals surface area contributed by atoms with Gasteiger partial charge in [0.05, 0.1) is 4.90 Å². The molecule has 4 aromatic rings. The largest absolute Gasteiger partial charge is 0.342 e. The fourth-order valence-electron chi connectivity index (χ4n) is 5.32. The number of nitrogens with zero attached hydrogens (tertiary/aromatic N) is 4. The standard InChI is InChI=1S/C26H26N4S2/c1-31-21-8-4-5-9-22(21)32-23-18-28-25(30-15-12-27-24(23)30)29-13-10-26(11-14-29)16-19-6-2-3-7-20(19)17-26/h2-9,12,15,18H,10-11,13-14,16-17H2,1H3. The smallest absolute Gasteiger partial charge is 0.211 e.